The van der Waals surface area contributed by atoms with Crippen LogP contribution in [0.5, 0.6) is 0 Å². The SMILES string of the molecule is C=C(C)[C@@H]1CC[C@]2(C(=O)O)CC[C@]3(C)C(CCC4[C@@]5(C)CC[C@@H]6[C@H]([C@@H]7OC(C(=O)O)[C@@H](O)C(O)C7O)O[C@@]6(C)C5CC[C@]43C)C12. The van der Waals surface area contributed by atoms with E-state index in [1.165, 1.54) is 0 Å². The zero-order valence-corrected chi connectivity index (χ0v) is 27.6. The smallest absolute Gasteiger partial charge is 0.335 e. The van der Waals surface area contributed by atoms with Crippen LogP contribution >= 0.6 is 0 Å². The normalized spacial score (nSPS) is 58.5. The van der Waals surface area contributed by atoms with Gasteiger partial charge in [0, 0.05) is 5.92 Å². The maximum absolute atomic E-state index is 12.9. The fourth-order valence-electron chi connectivity index (χ4n) is 13.8. The van der Waals surface area contributed by atoms with Gasteiger partial charge in [-0.3, -0.25) is 4.79 Å². The number of ether oxygens (including phenoxy) is 2. The molecule has 9 nitrogen and oxygen atoms in total. The van der Waals surface area contributed by atoms with Crippen LogP contribution in [0.15, 0.2) is 12.2 Å². The van der Waals surface area contributed by atoms with E-state index in [1.54, 1.807) is 0 Å². The number of aliphatic hydroxyl groups excluding tert-OH is 3. The van der Waals surface area contributed by atoms with Crippen molar-refractivity contribution in [3.8, 4) is 0 Å². The molecule has 2 heterocycles. The number of aliphatic carboxylic acids is 2. The molecule has 9 heteroatoms. The molecule has 7 unspecified atom stereocenters. The highest BCUT2D eigenvalue weighted by atomic mass is 16.6. The van der Waals surface area contributed by atoms with Gasteiger partial charge in [0.2, 0.25) is 0 Å². The van der Waals surface area contributed by atoms with Gasteiger partial charge in [-0.25, -0.2) is 4.79 Å². The Morgan fingerprint density at radius 3 is 2.09 bits per heavy atom. The van der Waals surface area contributed by atoms with Crippen LogP contribution in [-0.4, -0.2) is 79.7 Å². The monoisotopic (exact) mass is 630 g/mol. The van der Waals surface area contributed by atoms with Gasteiger partial charge < -0.3 is 35.0 Å². The molecule has 0 spiro atoms. The van der Waals surface area contributed by atoms with Gasteiger partial charge in [0.05, 0.1) is 17.1 Å². The number of hydrogen-bond donors (Lipinski definition) is 5. The predicted octanol–water partition coefficient (Wildman–Crippen LogP) is 4.41. The Bertz CT molecular complexity index is 1280. The molecule has 7 rings (SSSR count). The number of hydrogen-bond acceptors (Lipinski definition) is 7. The Morgan fingerprint density at radius 2 is 1.44 bits per heavy atom. The van der Waals surface area contributed by atoms with E-state index in [2.05, 4.69) is 41.2 Å². The molecule has 7 fully saturated rings. The first-order valence-electron chi connectivity index (χ1n) is 17.5. The second-order valence-electron chi connectivity index (χ2n) is 17.4. The lowest BCUT2D eigenvalue weighted by molar-refractivity contribution is -0.375. The van der Waals surface area contributed by atoms with Crippen molar-refractivity contribution in [2.75, 3.05) is 0 Å². The largest absolute Gasteiger partial charge is 0.481 e. The second kappa shape index (κ2) is 10.0. The van der Waals surface area contributed by atoms with E-state index >= 15 is 0 Å². The van der Waals surface area contributed by atoms with E-state index in [9.17, 15) is 35.1 Å². The van der Waals surface area contributed by atoms with Crippen LogP contribution in [0.25, 0.3) is 0 Å². The minimum absolute atomic E-state index is 0.0211. The lowest BCUT2D eigenvalue weighted by atomic mass is 9.32. The van der Waals surface area contributed by atoms with Gasteiger partial charge in [0.25, 0.3) is 0 Å². The van der Waals surface area contributed by atoms with Gasteiger partial charge in [-0.15, -0.1) is 0 Å². The van der Waals surface area contributed by atoms with Crippen molar-refractivity contribution in [3.05, 3.63) is 12.2 Å². The number of carboxylic acid groups (broad SMARTS) is 2. The summed E-state index contributed by atoms with van der Waals surface area (Å²) in [5.41, 5.74) is 0.178. The summed E-state index contributed by atoms with van der Waals surface area (Å²) in [4.78, 5) is 24.7. The van der Waals surface area contributed by atoms with Gasteiger partial charge in [0.1, 0.15) is 24.4 Å². The average Bonchev–Trinajstić information content (AvgIpc) is 3.36. The van der Waals surface area contributed by atoms with Crippen molar-refractivity contribution < 1.29 is 44.6 Å². The summed E-state index contributed by atoms with van der Waals surface area (Å²) in [6.45, 7) is 16.1. The topological polar surface area (TPSA) is 154 Å². The molecule has 0 radical (unpaired) electrons. The molecule has 0 bridgehead atoms. The van der Waals surface area contributed by atoms with E-state index in [1.807, 2.05) is 0 Å². The third-order valence-electron chi connectivity index (χ3n) is 16.2. The Hall–Kier alpha value is -1.52. The first-order chi connectivity index (χ1) is 21.0. The molecule has 5 N–H and O–H groups in total. The molecular weight excluding hydrogens is 576 g/mol. The summed E-state index contributed by atoms with van der Waals surface area (Å²) in [7, 11) is 0. The zero-order chi connectivity index (χ0) is 32.6. The Kier molecular flexibility index (Phi) is 7.12. The fourth-order valence-corrected chi connectivity index (χ4v) is 13.8. The number of allylic oxidation sites excluding steroid dienone is 1. The Balaban J connectivity index is 1.16. The minimum Gasteiger partial charge on any atom is -0.481 e. The Morgan fingerprint density at radius 1 is 0.733 bits per heavy atom. The zero-order valence-electron chi connectivity index (χ0n) is 27.6. The van der Waals surface area contributed by atoms with Crippen molar-refractivity contribution in [2.45, 2.75) is 141 Å². The summed E-state index contributed by atoms with van der Waals surface area (Å²) < 4.78 is 12.5. The van der Waals surface area contributed by atoms with Gasteiger partial charge >= 0.3 is 11.9 Å². The maximum atomic E-state index is 12.9. The predicted molar refractivity (Wildman–Crippen MR) is 164 cm³/mol. The van der Waals surface area contributed by atoms with Gasteiger partial charge in [-0.1, -0.05) is 32.9 Å². The molecule has 2 saturated heterocycles. The van der Waals surface area contributed by atoms with Gasteiger partial charge in [-0.05, 0) is 124 Å². The molecule has 252 valence electrons. The van der Waals surface area contributed by atoms with Crippen LogP contribution in [0.3, 0.4) is 0 Å². The molecule has 5 aliphatic carbocycles. The molecular formula is C36H54O9. The first-order valence-corrected chi connectivity index (χ1v) is 17.5. The third kappa shape index (κ3) is 3.85. The number of carboxylic acids is 2. The van der Waals surface area contributed by atoms with E-state index in [4.69, 9.17) is 9.47 Å². The molecule has 0 aromatic rings. The Labute approximate surface area is 266 Å². The van der Waals surface area contributed by atoms with Crippen LogP contribution in [0.4, 0.5) is 0 Å². The first kappa shape index (κ1) is 32.0. The molecule has 5 saturated carbocycles. The van der Waals surface area contributed by atoms with Crippen molar-refractivity contribution in [2.24, 2.45) is 57.2 Å². The summed E-state index contributed by atoms with van der Waals surface area (Å²) >= 11 is 0. The highest BCUT2D eigenvalue weighted by Gasteiger charge is 2.75. The van der Waals surface area contributed by atoms with Crippen LogP contribution in [-0.2, 0) is 19.1 Å². The summed E-state index contributed by atoms with van der Waals surface area (Å²) in [5.74, 6) is -0.412. The number of carbonyl (C=O) groups is 2. The summed E-state index contributed by atoms with van der Waals surface area (Å²) in [6, 6.07) is 0. The van der Waals surface area contributed by atoms with Crippen LogP contribution in [0, 0.1) is 57.2 Å². The van der Waals surface area contributed by atoms with E-state index < -0.39 is 59.6 Å². The summed E-state index contributed by atoms with van der Waals surface area (Å²) in [6.07, 6.45) is 1.44. The standard InChI is InChI=1S/C36H54O9/c1-17(2)18-9-14-36(31(42)43)16-15-33(4)19(23(18)36)7-8-21-32(3)12-10-20-27(45-35(20,6)22(32)11-13-34(21,33)5)28-25(38)24(37)26(39)29(44-28)30(40)41/h18-29,37-39H,1,7-16H2,2-6H3,(H,40,41)(H,42,43)/t18-,19?,20+,21?,22?,23?,24?,25?,26-,27+,28+,29?,32+,33+,34+,35+,36-/m0/s1. The third-order valence-corrected chi connectivity index (χ3v) is 16.2. The molecule has 0 aromatic heterocycles. The van der Waals surface area contributed by atoms with Gasteiger partial charge in [0.15, 0.2) is 6.10 Å². The highest BCUT2D eigenvalue weighted by Crippen LogP contribution is 2.78. The molecule has 2 aliphatic heterocycles. The summed E-state index contributed by atoms with van der Waals surface area (Å²) in [5, 5.41) is 51.8. The van der Waals surface area contributed by atoms with Crippen molar-refractivity contribution in [3.63, 3.8) is 0 Å². The second-order valence-corrected chi connectivity index (χ2v) is 17.4. The quantitative estimate of drug-likeness (QED) is 0.284. The molecule has 45 heavy (non-hydrogen) atoms. The van der Waals surface area contributed by atoms with Crippen molar-refractivity contribution in [1.82, 2.24) is 0 Å². The molecule has 0 amide bonds. The maximum Gasteiger partial charge on any atom is 0.335 e. The number of fused-ring (bicyclic) bond motifs is 9. The van der Waals surface area contributed by atoms with Crippen LogP contribution < -0.4 is 0 Å². The van der Waals surface area contributed by atoms with E-state index in [0.717, 1.165) is 69.8 Å². The molecule has 0 aromatic carbocycles. The van der Waals surface area contributed by atoms with Crippen molar-refractivity contribution >= 4 is 11.9 Å². The lowest BCUT2D eigenvalue weighted by Crippen LogP contribution is -2.76. The fraction of sp³-hybridized carbons (Fsp3) is 0.889. The van der Waals surface area contributed by atoms with E-state index in [0.29, 0.717) is 11.8 Å². The number of rotatable bonds is 4. The lowest BCUT2D eigenvalue weighted by Gasteiger charge is -2.75. The molecule has 17 atom stereocenters. The average molecular weight is 631 g/mol. The highest BCUT2D eigenvalue weighted by molar-refractivity contribution is 5.76. The van der Waals surface area contributed by atoms with Crippen molar-refractivity contribution in [1.29, 1.82) is 0 Å². The molecule has 7 aliphatic rings. The van der Waals surface area contributed by atoms with Crippen LogP contribution in [0.1, 0.15) is 98.8 Å². The number of aliphatic hydroxyl groups is 3. The van der Waals surface area contributed by atoms with Gasteiger partial charge in [-0.2, -0.15) is 0 Å². The minimum atomic E-state index is -1.71. The van der Waals surface area contributed by atoms with E-state index in [-0.39, 0.29) is 39.9 Å². The van der Waals surface area contributed by atoms with Crippen LogP contribution in [0.2, 0.25) is 0 Å².